The molecule has 3 N–H and O–H groups in total. The topological polar surface area (TPSA) is 223 Å². The molecule has 21 heteroatoms. The van der Waals surface area contributed by atoms with Crippen LogP contribution in [0.5, 0.6) is 5.75 Å². The Morgan fingerprint density at radius 2 is 1.83 bits per heavy atom. The number of anilines is 1. The van der Waals surface area contributed by atoms with Gasteiger partial charge in [-0.25, -0.2) is 9.59 Å². The number of alkyl carbamates (subject to hydrolysis) is 1. The van der Waals surface area contributed by atoms with Crippen molar-refractivity contribution in [2.24, 2.45) is 11.8 Å². The van der Waals surface area contributed by atoms with E-state index >= 15 is 0 Å². The van der Waals surface area contributed by atoms with Crippen LogP contribution in [0.4, 0.5) is 10.5 Å². The summed E-state index contributed by atoms with van der Waals surface area (Å²) < 4.78 is 29.1. The summed E-state index contributed by atoms with van der Waals surface area (Å²) in [5, 5.41) is 17.4. The van der Waals surface area contributed by atoms with E-state index in [1.165, 1.54) is 41.9 Å². The molecule has 0 unspecified atom stereocenters. The van der Waals surface area contributed by atoms with Crippen molar-refractivity contribution >= 4 is 80.5 Å². The summed E-state index contributed by atoms with van der Waals surface area (Å²) in [7, 11) is 9.08. The third kappa shape index (κ3) is 13.8. The number of likely N-dealkylation sites (tertiary alicyclic amines) is 1. The van der Waals surface area contributed by atoms with E-state index in [-0.39, 0.29) is 78.0 Å². The Labute approximate surface area is 417 Å². The van der Waals surface area contributed by atoms with Crippen molar-refractivity contribution in [1.29, 1.82) is 0 Å². The fourth-order valence-electron chi connectivity index (χ4n) is 8.66. The van der Waals surface area contributed by atoms with Gasteiger partial charge in [0, 0.05) is 82.3 Å². The Bertz CT molecular complexity index is 2190. The van der Waals surface area contributed by atoms with Crippen LogP contribution in [-0.4, -0.2) is 150 Å². The van der Waals surface area contributed by atoms with E-state index in [4.69, 9.17) is 35.3 Å². The maximum absolute atomic E-state index is 14.3. The lowest BCUT2D eigenvalue weighted by Crippen LogP contribution is -2.63. The number of methoxy groups -OCH3 is 2. The van der Waals surface area contributed by atoms with Crippen LogP contribution >= 0.6 is 33.2 Å². The Morgan fingerprint density at radius 1 is 1.12 bits per heavy atom. The Kier molecular flexibility index (Phi) is 18.7. The van der Waals surface area contributed by atoms with E-state index < -0.39 is 65.7 Å². The van der Waals surface area contributed by atoms with Gasteiger partial charge in [0.15, 0.2) is 5.72 Å². The third-order valence-electron chi connectivity index (χ3n) is 13.3. The van der Waals surface area contributed by atoms with Gasteiger partial charge < -0.3 is 43.9 Å². The van der Waals surface area contributed by atoms with E-state index in [0.29, 0.717) is 36.6 Å². The molecule has 69 heavy (non-hydrogen) atoms. The van der Waals surface area contributed by atoms with Crippen LogP contribution in [0.1, 0.15) is 92.6 Å². The van der Waals surface area contributed by atoms with E-state index in [1.807, 2.05) is 26.8 Å². The molecule has 9 atom stereocenters. The number of halogens is 1. The highest BCUT2D eigenvalue weighted by Gasteiger charge is 2.64. The predicted molar refractivity (Wildman–Crippen MR) is 262 cm³/mol. The van der Waals surface area contributed by atoms with Crippen molar-refractivity contribution < 1.29 is 62.4 Å². The largest absolute Gasteiger partial charge is 0.495 e. The SMILES string of the molecule is COc1cc2cc(c1Cl)N(C)C(=O)C[C@H](OC(=O)[C@H](C)N(C)C(=O)CCC(C)(C)SSCCNC(=O)CCN1C(=O)C[C@@H](C)C1=O)[C@]1(C)O[C@H]1[C@H](C)[C@@H]1C[C@@](O)(NC(=O)O1)[C@H](OC)/C=C/C=C(\C)C2. The number of likely N-dealkylation sites (N-methyl/N-ethyl adjacent to an activating group) is 1. The number of imide groups is 1. The monoisotopic (exact) mass is 1020 g/mol. The van der Waals surface area contributed by atoms with Gasteiger partial charge in [-0.05, 0) is 65.2 Å². The summed E-state index contributed by atoms with van der Waals surface area (Å²) in [4.78, 5) is 95.4. The second-order valence-electron chi connectivity index (χ2n) is 19.2. The summed E-state index contributed by atoms with van der Waals surface area (Å²) in [6.45, 7) is 13.1. The second kappa shape index (κ2) is 23.3. The lowest BCUT2D eigenvalue weighted by molar-refractivity contribution is -0.162. The molecule has 0 spiro atoms. The molecule has 6 amide bonds. The van der Waals surface area contributed by atoms with Gasteiger partial charge in [-0.1, -0.05) is 70.8 Å². The van der Waals surface area contributed by atoms with Crippen LogP contribution in [0.3, 0.4) is 0 Å². The molecular weight excluding hydrogens is 954 g/mol. The van der Waals surface area contributed by atoms with Crippen LogP contribution in [0.2, 0.25) is 5.02 Å². The van der Waals surface area contributed by atoms with E-state index in [1.54, 1.807) is 69.8 Å². The maximum Gasteiger partial charge on any atom is 0.409 e. The molecule has 4 heterocycles. The van der Waals surface area contributed by atoms with Crippen LogP contribution < -0.4 is 20.3 Å². The Morgan fingerprint density at radius 3 is 2.48 bits per heavy atom. The van der Waals surface area contributed by atoms with Crippen molar-refractivity contribution in [2.75, 3.05) is 52.1 Å². The number of benzene rings is 1. The fourth-order valence-corrected chi connectivity index (χ4v) is 11.5. The molecule has 5 rings (SSSR count). The first kappa shape index (κ1) is 55.6. The van der Waals surface area contributed by atoms with Gasteiger partial charge in [-0.15, -0.1) is 0 Å². The average Bonchev–Trinajstić information content (AvgIpc) is 3.92. The number of aliphatic hydroxyl groups is 1. The molecule has 382 valence electrons. The first-order valence-corrected chi connectivity index (χ1v) is 25.8. The number of carbonyl (C=O) groups is 7. The normalized spacial score (nSPS) is 29.2. The first-order valence-electron chi connectivity index (χ1n) is 23.1. The van der Waals surface area contributed by atoms with Gasteiger partial charge in [-0.3, -0.25) is 34.2 Å². The van der Waals surface area contributed by atoms with Crippen LogP contribution in [-0.2, 0) is 54.1 Å². The van der Waals surface area contributed by atoms with Gasteiger partial charge in [0.2, 0.25) is 29.5 Å². The number of epoxide rings is 1. The molecule has 1 aromatic rings. The van der Waals surface area contributed by atoms with Crippen LogP contribution in [0.15, 0.2) is 35.9 Å². The van der Waals surface area contributed by atoms with Gasteiger partial charge >= 0.3 is 12.1 Å². The molecule has 0 aliphatic carbocycles. The molecule has 3 fully saturated rings. The lowest BCUT2D eigenvalue weighted by Gasteiger charge is -2.42. The number of rotatable bonds is 16. The highest BCUT2D eigenvalue weighted by atomic mass is 35.5. The zero-order valence-corrected chi connectivity index (χ0v) is 43.8. The fraction of sp³-hybridized carbons (Fsp3) is 0.646. The van der Waals surface area contributed by atoms with Crippen molar-refractivity contribution in [3.8, 4) is 5.75 Å². The van der Waals surface area contributed by atoms with Gasteiger partial charge in [0.25, 0.3) is 0 Å². The van der Waals surface area contributed by atoms with Crippen LogP contribution in [0.25, 0.3) is 0 Å². The van der Waals surface area contributed by atoms with Crippen LogP contribution in [0, 0.1) is 11.8 Å². The number of hydrogen-bond donors (Lipinski definition) is 3. The van der Waals surface area contributed by atoms with Gasteiger partial charge in [0.05, 0.1) is 25.3 Å². The minimum absolute atomic E-state index is 0.0355. The Hall–Kier alpha value is -4.34. The minimum Gasteiger partial charge on any atom is -0.495 e. The Balaban J connectivity index is 1.25. The highest BCUT2D eigenvalue weighted by molar-refractivity contribution is 8.77. The van der Waals surface area contributed by atoms with E-state index in [2.05, 4.69) is 10.6 Å². The molecule has 0 saturated carbocycles. The number of carbonyl (C=O) groups excluding carboxylic acids is 7. The number of hydrogen-bond acceptors (Lipinski definition) is 15. The molecule has 1 aromatic carbocycles. The zero-order chi connectivity index (χ0) is 51.2. The number of ether oxygens (including phenoxy) is 5. The first-order chi connectivity index (χ1) is 32.3. The summed E-state index contributed by atoms with van der Waals surface area (Å²) in [5.74, 6) is -2.29. The maximum atomic E-state index is 14.3. The van der Waals surface area contributed by atoms with Crippen molar-refractivity contribution in [1.82, 2.24) is 20.4 Å². The zero-order valence-electron chi connectivity index (χ0n) is 41.4. The number of amides is 6. The van der Waals surface area contributed by atoms with E-state index in [0.717, 1.165) is 16.0 Å². The quantitative estimate of drug-likeness (QED) is 0.0624. The molecule has 0 aromatic heterocycles. The lowest BCUT2D eigenvalue weighted by atomic mass is 9.83. The standard InChI is InChI=1S/C48H68ClN5O13S2/c1-27-13-12-14-35(64-11)48(62)26-34(65-45(61)51-48)29(3)42-47(7,67-42)36(25-39(57)53(9)32-23-31(21-27)24-33(63-10)41(32)49)66-44(60)30(4)52(8)38(56)15-17-46(5,6)69-68-20-18-50-37(55)16-19-54-40(58)22-28(2)43(54)59/h12-14,23-24,28-30,34-36,42,62H,15-22,25-26H2,1-11H3,(H,50,55)(H,51,61)/b14-12+,27-13+/t28-,29-,30+,34+,35-,36+,42+,47+,48+/m1/s1. The number of nitrogens with zero attached hydrogens (tertiary/aromatic N) is 3. The molecule has 4 aliphatic rings. The second-order valence-corrected chi connectivity index (χ2v) is 22.7. The predicted octanol–water partition coefficient (Wildman–Crippen LogP) is 5.36. The number of fused-ring (bicyclic) bond motifs is 5. The number of esters is 1. The van der Waals surface area contributed by atoms with Gasteiger partial charge in [-0.2, -0.15) is 0 Å². The number of allylic oxidation sites excluding steroid dienone is 3. The average molecular weight is 1020 g/mol. The van der Waals surface area contributed by atoms with Gasteiger partial charge in [0.1, 0.15) is 40.7 Å². The summed E-state index contributed by atoms with van der Waals surface area (Å²) in [6.07, 6.45) is 1.40. The van der Waals surface area contributed by atoms with Crippen molar-refractivity contribution in [3.05, 3.63) is 46.5 Å². The molecule has 3 saturated heterocycles. The number of nitrogens with one attached hydrogen (secondary N) is 2. The summed E-state index contributed by atoms with van der Waals surface area (Å²) in [6, 6.07) is 2.50. The smallest absolute Gasteiger partial charge is 0.409 e. The summed E-state index contributed by atoms with van der Waals surface area (Å²) in [5.41, 5.74) is -1.08. The molecule has 0 radical (unpaired) electrons. The molecule has 4 aliphatic heterocycles. The summed E-state index contributed by atoms with van der Waals surface area (Å²) >= 11 is 6.82. The molecule has 18 nitrogen and oxygen atoms in total. The van der Waals surface area contributed by atoms with Crippen molar-refractivity contribution in [3.63, 3.8) is 0 Å². The van der Waals surface area contributed by atoms with Crippen molar-refractivity contribution in [2.45, 2.75) is 140 Å². The molecular formula is C48H68ClN5O13S2. The third-order valence-corrected chi connectivity index (χ3v) is 17.0. The molecule has 4 bridgehead atoms. The van der Waals surface area contributed by atoms with E-state index in [9.17, 15) is 38.7 Å². The minimum atomic E-state index is -1.86. The highest BCUT2D eigenvalue weighted by Crippen LogP contribution is 2.49.